The molecule has 1 aromatic carbocycles. The van der Waals surface area contributed by atoms with Crippen molar-refractivity contribution in [2.45, 2.75) is 13.3 Å². The average molecular weight is 369 g/mol. The van der Waals surface area contributed by atoms with Gasteiger partial charge in [-0.3, -0.25) is 4.79 Å². The van der Waals surface area contributed by atoms with Crippen molar-refractivity contribution in [3.05, 3.63) is 46.4 Å². The van der Waals surface area contributed by atoms with Gasteiger partial charge in [0.1, 0.15) is 5.82 Å². The van der Waals surface area contributed by atoms with Crippen molar-refractivity contribution in [1.82, 2.24) is 20.4 Å². The third kappa shape index (κ3) is 4.38. The number of aromatic nitrogens is 2. The number of rotatable bonds is 7. The molecule has 1 amide bonds. The highest BCUT2D eigenvalue weighted by molar-refractivity contribution is 9.10. The molecular weight excluding hydrogens is 351 g/mol. The minimum Gasteiger partial charge on any atom is -0.349 e. The van der Waals surface area contributed by atoms with Crippen LogP contribution in [-0.4, -0.2) is 35.3 Å². The summed E-state index contributed by atoms with van der Waals surface area (Å²) in [5.41, 5.74) is 0.991. The molecule has 2 N–H and O–H groups in total. The SMILES string of the molecule is CCCNCCNC(=O)c1nn(-c2ccc(F)cc2)cc1Br. The highest BCUT2D eigenvalue weighted by Gasteiger charge is 2.15. The molecule has 0 saturated heterocycles. The minimum atomic E-state index is -0.312. The Bertz CT molecular complexity index is 627. The van der Waals surface area contributed by atoms with E-state index in [0.29, 0.717) is 22.4 Å². The summed E-state index contributed by atoms with van der Waals surface area (Å²) >= 11 is 3.33. The van der Waals surface area contributed by atoms with Gasteiger partial charge in [0.05, 0.1) is 10.2 Å². The van der Waals surface area contributed by atoms with Crippen LogP contribution in [-0.2, 0) is 0 Å². The van der Waals surface area contributed by atoms with Gasteiger partial charge in [0.2, 0.25) is 0 Å². The summed E-state index contributed by atoms with van der Waals surface area (Å²) in [6, 6.07) is 5.91. The molecule has 0 bridgehead atoms. The highest BCUT2D eigenvalue weighted by atomic mass is 79.9. The highest BCUT2D eigenvalue weighted by Crippen LogP contribution is 2.18. The Morgan fingerprint density at radius 2 is 2.00 bits per heavy atom. The maximum absolute atomic E-state index is 12.9. The summed E-state index contributed by atoms with van der Waals surface area (Å²) in [4.78, 5) is 12.1. The van der Waals surface area contributed by atoms with Gasteiger partial charge in [-0.25, -0.2) is 9.07 Å². The van der Waals surface area contributed by atoms with E-state index in [1.165, 1.54) is 16.8 Å². The Kier molecular flexibility index (Phi) is 6.09. The number of carbonyl (C=O) groups is 1. The largest absolute Gasteiger partial charge is 0.349 e. The number of hydrogen-bond donors (Lipinski definition) is 2. The van der Waals surface area contributed by atoms with Crippen molar-refractivity contribution in [1.29, 1.82) is 0 Å². The third-order valence-electron chi connectivity index (χ3n) is 2.99. The molecule has 0 aliphatic heterocycles. The van der Waals surface area contributed by atoms with Gasteiger partial charge in [0, 0.05) is 19.3 Å². The first-order valence-electron chi connectivity index (χ1n) is 7.12. The summed E-state index contributed by atoms with van der Waals surface area (Å²) in [7, 11) is 0. The number of nitrogens with zero attached hydrogens (tertiary/aromatic N) is 2. The first-order chi connectivity index (χ1) is 10.6. The quantitative estimate of drug-likeness (QED) is 0.738. The molecule has 0 atom stereocenters. The van der Waals surface area contributed by atoms with Gasteiger partial charge in [-0.1, -0.05) is 6.92 Å². The summed E-state index contributed by atoms with van der Waals surface area (Å²) in [5, 5.41) is 10.3. The van der Waals surface area contributed by atoms with Crippen LogP contribution in [0.15, 0.2) is 34.9 Å². The van der Waals surface area contributed by atoms with Crippen molar-refractivity contribution in [3.8, 4) is 5.69 Å². The zero-order chi connectivity index (χ0) is 15.9. The number of carbonyl (C=O) groups excluding carboxylic acids is 1. The molecule has 5 nitrogen and oxygen atoms in total. The Morgan fingerprint density at radius 3 is 2.68 bits per heavy atom. The minimum absolute atomic E-state index is 0.244. The smallest absolute Gasteiger partial charge is 0.273 e. The van der Waals surface area contributed by atoms with Crippen molar-refractivity contribution in [2.24, 2.45) is 0 Å². The van der Waals surface area contributed by atoms with Gasteiger partial charge in [-0.05, 0) is 53.2 Å². The maximum atomic E-state index is 12.9. The molecule has 0 saturated carbocycles. The topological polar surface area (TPSA) is 58.9 Å². The first-order valence-corrected chi connectivity index (χ1v) is 7.91. The Hall–Kier alpha value is -1.73. The summed E-state index contributed by atoms with van der Waals surface area (Å²) in [5.74, 6) is -0.557. The lowest BCUT2D eigenvalue weighted by molar-refractivity contribution is 0.0948. The second-order valence-electron chi connectivity index (χ2n) is 4.75. The van der Waals surface area contributed by atoms with Gasteiger partial charge in [0.15, 0.2) is 5.69 Å². The van der Waals surface area contributed by atoms with Crippen LogP contribution >= 0.6 is 15.9 Å². The Balaban J connectivity index is 2.00. The van der Waals surface area contributed by atoms with Crippen LogP contribution in [0, 0.1) is 5.82 Å². The van der Waals surface area contributed by atoms with E-state index in [9.17, 15) is 9.18 Å². The Labute approximate surface area is 137 Å². The van der Waals surface area contributed by atoms with Crippen LogP contribution in [0.3, 0.4) is 0 Å². The Morgan fingerprint density at radius 1 is 1.27 bits per heavy atom. The number of hydrogen-bond acceptors (Lipinski definition) is 3. The van der Waals surface area contributed by atoms with Crippen molar-refractivity contribution >= 4 is 21.8 Å². The molecule has 0 radical (unpaired) electrons. The fraction of sp³-hybridized carbons (Fsp3) is 0.333. The van der Waals surface area contributed by atoms with Crippen LogP contribution in [0.25, 0.3) is 5.69 Å². The molecule has 2 rings (SSSR count). The van der Waals surface area contributed by atoms with Crippen LogP contribution in [0.1, 0.15) is 23.8 Å². The van der Waals surface area contributed by atoms with Crippen molar-refractivity contribution < 1.29 is 9.18 Å². The van der Waals surface area contributed by atoms with Crippen molar-refractivity contribution in [2.75, 3.05) is 19.6 Å². The monoisotopic (exact) mass is 368 g/mol. The molecule has 0 aliphatic carbocycles. The number of halogens is 2. The second-order valence-corrected chi connectivity index (χ2v) is 5.61. The molecular formula is C15H18BrFN4O. The van der Waals surface area contributed by atoms with Gasteiger partial charge < -0.3 is 10.6 Å². The fourth-order valence-corrected chi connectivity index (χ4v) is 2.34. The van der Waals surface area contributed by atoms with Gasteiger partial charge in [0.25, 0.3) is 5.91 Å². The summed E-state index contributed by atoms with van der Waals surface area (Å²) in [6.45, 7) is 4.27. The molecule has 118 valence electrons. The molecule has 22 heavy (non-hydrogen) atoms. The molecule has 1 heterocycles. The lowest BCUT2D eigenvalue weighted by Gasteiger charge is -2.04. The van der Waals surface area contributed by atoms with E-state index in [2.05, 4.69) is 38.6 Å². The molecule has 2 aromatic rings. The van der Waals surface area contributed by atoms with Gasteiger partial charge in [-0.2, -0.15) is 5.10 Å². The van der Waals surface area contributed by atoms with Crippen molar-refractivity contribution in [3.63, 3.8) is 0 Å². The molecule has 7 heteroatoms. The summed E-state index contributed by atoms with van der Waals surface area (Å²) in [6.07, 6.45) is 2.74. The standard InChI is InChI=1S/C15H18BrFN4O/c1-2-7-18-8-9-19-15(22)14-13(16)10-21(20-14)12-5-3-11(17)4-6-12/h3-6,10,18H,2,7-9H2,1H3,(H,19,22). The van der Waals surface area contributed by atoms with E-state index in [1.54, 1.807) is 18.3 Å². The fourth-order valence-electron chi connectivity index (χ4n) is 1.88. The average Bonchev–Trinajstić information content (AvgIpc) is 2.89. The van der Waals surface area contributed by atoms with E-state index >= 15 is 0 Å². The number of amides is 1. The van der Waals surface area contributed by atoms with E-state index in [-0.39, 0.29) is 11.7 Å². The van der Waals surface area contributed by atoms with E-state index in [4.69, 9.17) is 0 Å². The van der Waals surface area contributed by atoms with Gasteiger partial charge in [-0.15, -0.1) is 0 Å². The normalized spacial score (nSPS) is 10.7. The molecule has 0 aliphatic rings. The predicted molar refractivity (Wildman–Crippen MR) is 86.7 cm³/mol. The summed E-state index contributed by atoms with van der Waals surface area (Å²) < 4.78 is 15.1. The van der Waals surface area contributed by atoms with Crippen LogP contribution in [0.2, 0.25) is 0 Å². The lowest BCUT2D eigenvalue weighted by atomic mass is 10.3. The zero-order valence-electron chi connectivity index (χ0n) is 12.3. The van der Waals surface area contributed by atoms with Crippen LogP contribution in [0.4, 0.5) is 4.39 Å². The van der Waals surface area contributed by atoms with E-state index in [1.807, 2.05) is 0 Å². The molecule has 0 fully saturated rings. The van der Waals surface area contributed by atoms with E-state index in [0.717, 1.165) is 19.5 Å². The predicted octanol–water partition coefficient (Wildman–Crippen LogP) is 2.50. The number of nitrogens with one attached hydrogen (secondary N) is 2. The molecule has 0 unspecified atom stereocenters. The maximum Gasteiger partial charge on any atom is 0.273 e. The van der Waals surface area contributed by atoms with Crippen LogP contribution in [0.5, 0.6) is 0 Å². The number of benzene rings is 1. The first kappa shape index (κ1) is 16.6. The van der Waals surface area contributed by atoms with E-state index < -0.39 is 0 Å². The second kappa shape index (κ2) is 8.05. The van der Waals surface area contributed by atoms with Crippen LogP contribution < -0.4 is 10.6 Å². The zero-order valence-corrected chi connectivity index (χ0v) is 13.9. The molecule has 1 aromatic heterocycles. The third-order valence-corrected chi connectivity index (χ3v) is 3.57. The molecule has 0 spiro atoms. The van der Waals surface area contributed by atoms with Gasteiger partial charge >= 0.3 is 0 Å². The lowest BCUT2D eigenvalue weighted by Crippen LogP contribution is -2.32.